The van der Waals surface area contributed by atoms with Gasteiger partial charge in [-0.05, 0) is 30.5 Å². The van der Waals surface area contributed by atoms with Gasteiger partial charge in [-0.2, -0.15) is 5.10 Å². The number of hydrogen-bond acceptors (Lipinski definition) is 5. The van der Waals surface area contributed by atoms with E-state index in [1.807, 2.05) is 12.1 Å². The number of allylic oxidation sites excluding steroid dienone is 1. The van der Waals surface area contributed by atoms with Crippen molar-refractivity contribution >= 4 is 12.1 Å². The van der Waals surface area contributed by atoms with Crippen molar-refractivity contribution in [1.29, 1.82) is 0 Å². The van der Waals surface area contributed by atoms with Crippen LogP contribution in [-0.2, 0) is 13.0 Å². The number of nitrogens with zero attached hydrogens (tertiary/aromatic N) is 4. The quantitative estimate of drug-likeness (QED) is 0.283. The summed E-state index contributed by atoms with van der Waals surface area (Å²) >= 11 is 0. The minimum atomic E-state index is 0.212. The van der Waals surface area contributed by atoms with E-state index in [0.717, 1.165) is 44.8 Å². The second kappa shape index (κ2) is 11.4. The van der Waals surface area contributed by atoms with E-state index in [1.165, 1.54) is 11.1 Å². The van der Waals surface area contributed by atoms with Gasteiger partial charge in [0.05, 0.1) is 6.21 Å². The highest BCUT2D eigenvalue weighted by Gasteiger charge is 2.16. The molecule has 164 valence electrons. The van der Waals surface area contributed by atoms with Crippen molar-refractivity contribution in [1.82, 2.24) is 9.80 Å². The average molecular weight is 420 g/mol. The molecule has 1 aliphatic heterocycles. The molecule has 1 saturated heterocycles. The van der Waals surface area contributed by atoms with Crippen molar-refractivity contribution in [2.24, 2.45) is 15.9 Å². The molecule has 2 aromatic carbocycles. The van der Waals surface area contributed by atoms with E-state index in [4.69, 9.17) is 5.73 Å². The van der Waals surface area contributed by atoms with Crippen molar-refractivity contribution in [2.75, 3.05) is 32.7 Å². The summed E-state index contributed by atoms with van der Waals surface area (Å²) in [6.45, 7) is 11.9. The zero-order valence-corrected chi connectivity index (χ0v) is 18.4. The van der Waals surface area contributed by atoms with Crippen LogP contribution in [0.15, 0.2) is 65.3 Å². The van der Waals surface area contributed by atoms with Crippen LogP contribution in [0.4, 0.5) is 0 Å². The molecule has 31 heavy (non-hydrogen) atoms. The molecule has 0 atom stereocenters. The van der Waals surface area contributed by atoms with Gasteiger partial charge >= 0.3 is 0 Å². The molecule has 1 fully saturated rings. The number of piperazine rings is 1. The molecule has 0 unspecified atom stereocenters. The van der Waals surface area contributed by atoms with Crippen LogP contribution in [0.2, 0.25) is 0 Å². The summed E-state index contributed by atoms with van der Waals surface area (Å²) in [5.74, 6) is 0.712. The van der Waals surface area contributed by atoms with Crippen LogP contribution in [0.5, 0.6) is 5.75 Å². The number of aryl methyl sites for hydroxylation is 1. The zero-order chi connectivity index (χ0) is 22.1. The molecular weight excluding hydrogens is 386 g/mol. The number of phenolic OH excluding ortho intramolecular Hbond substituents is 1. The number of nitrogens with two attached hydrogens (primary N) is 1. The Morgan fingerprint density at radius 2 is 1.81 bits per heavy atom. The number of rotatable bonds is 9. The molecule has 6 nitrogen and oxygen atoms in total. The third kappa shape index (κ3) is 7.05. The van der Waals surface area contributed by atoms with Crippen molar-refractivity contribution < 1.29 is 5.11 Å². The fourth-order valence-corrected chi connectivity index (χ4v) is 3.65. The van der Waals surface area contributed by atoms with Crippen LogP contribution in [-0.4, -0.2) is 59.7 Å². The van der Waals surface area contributed by atoms with Gasteiger partial charge in [-0.25, -0.2) is 0 Å². The van der Waals surface area contributed by atoms with Crippen molar-refractivity contribution in [3.8, 4) is 5.75 Å². The van der Waals surface area contributed by atoms with Gasteiger partial charge in [-0.3, -0.25) is 4.90 Å². The summed E-state index contributed by atoms with van der Waals surface area (Å²) in [7, 11) is 0. The number of phenols is 1. The lowest BCUT2D eigenvalue weighted by Gasteiger charge is -2.34. The molecule has 0 spiro atoms. The lowest BCUT2D eigenvalue weighted by molar-refractivity contribution is 0.129. The number of hydrogen-bond donors (Lipinski definition) is 2. The smallest absolute Gasteiger partial charge is 0.127 e. The summed E-state index contributed by atoms with van der Waals surface area (Å²) < 4.78 is 0. The zero-order valence-electron chi connectivity index (χ0n) is 18.4. The molecule has 1 heterocycles. The molecule has 0 bridgehead atoms. The highest BCUT2D eigenvalue weighted by Crippen LogP contribution is 2.21. The topological polar surface area (TPSA) is 77.5 Å². The van der Waals surface area contributed by atoms with Gasteiger partial charge in [0.25, 0.3) is 0 Å². The molecule has 3 rings (SSSR count). The number of amidine groups is 1. The molecular formula is C25H33N5O. The third-order valence-electron chi connectivity index (χ3n) is 5.57. The first-order valence-electron chi connectivity index (χ1n) is 10.8. The van der Waals surface area contributed by atoms with Crippen LogP contribution in [0, 0.1) is 6.92 Å². The first-order valence-corrected chi connectivity index (χ1v) is 10.8. The maximum atomic E-state index is 10.3. The lowest BCUT2D eigenvalue weighted by atomic mass is 10.1. The maximum absolute atomic E-state index is 10.3. The highest BCUT2D eigenvalue weighted by atomic mass is 16.3. The SMILES string of the molecule is C=CCc1cccc(/C=N/N=C(\N)CCN2CCN(Cc3ccc(C)cc3)CC2)c1O. The molecule has 0 radical (unpaired) electrons. The number of benzene rings is 2. The average Bonchev–Trinajstić information content (AvgIpc) is 2.77. The summed E-state index contributed by atoms with van der Waals surface area (Å²) in [6, 6.07) is 14.3. The van der Waals surface area contributed by atoms with Crippen molar-refractivity contribution in [3.05, 3.63) is 77.4 Å². The van der Waals surface area contributed by atoms with Gasteiger partial charge in [0, 0.05) is 51.3 Å². The number of aromatic hydroxyl groups is 1. The molecule has 0 saturated carbocycles. The summed E-state index contributed by atoms with van der Waals surface area (Å²) in [5, 5.41) is 18.4. The maximum Gasteiger partial charge on any atom is 0.127 e. The Morgan fingerprint density at radius 1 is 1.10 bits per heavy atom. The van der Waals surface area contributed by atoms with Gasteiger partial charge in [-0.1, -0.05) is 48.0 Å². The second-order valence-electron chi connectivity index (χ2n) is 8.04. The summed E-state index contributed by atoms with van der Waals surface area (Å²) in [6.07, 6.45) is 4.59. The van der Waals surface area contributed by atoms with E-state index < -0.39 is 0 Å². The molecule has 0 aromatic heterocycles. The largest absolute Gasteiger partial charge is 0.507 e. The van der Waals surface area contributed by atoms with Crippen LogP contribution >= 0.6 is 0 Å². The first kappa shape index (κ1) is 22.7. The van der Waals surface area contributed by atoms with Gasteiger partial charge < -0.3 is 15.7 Å². The second-order valence-corrected chi connectivity index (χ2v) is 8.04. The minimum Gasteiger partial charge on any atom is -0.507 e. The lowest BCUT2D eigenvalue weighted by Crippen LogP contribution is -2.46. The fourth-order valence-electron chi connectivity index (χ4n) is 3.65. The van der Waals surface area contributed by atoms with E-state index in [-0.39, 0.29) is 5.75 Å². The Hall–Kier alpha value is -2.96. The van der Waals surface area contributed by atoms with Gasteiger partial charge in [0.2, 0.25) is 0 Å². The standard InChI is InChI=1S/C25H33N5O/c1-3-5-22-6-4-7-23(25(22)31)18-27-28-24(26)12-13-29-14-16-30(17-15-29)19-21-10-8-20(2)9-11-21/h3-4,6-11,18,31H,1,5,12-17,19H2,2H3,(H2,26,28)/b27-18+. The highest BCUT2D eigenvalue weighted by molar-refractivity contribution is 5.85. The Bertz CT molecular complexity index is 912. The predicted octanol–water partition coefficient (Wildman–Crippen LogP) is 3.33. The number of para-hydroxylation sites is 1. The molecule has 6 heteroatoms. The normalized spacial score (nSPS) is 16.1. The van der Waals surface area contributed by atoms with Crippen LogP contribution in [0.1, 0.15) is 28.7 Å². The third-order valence-corrected chi connectivity index (χ3v) is 5.57. The Kier molecular flexibility index (Phi) is 8.38. The van der Waals surface area contributed by atoms with E-state index >= 15 is 0 Å². The van der Waals surface area contributed by atoms with E-state index in [9.17, 15) is 5.11 Å². The van der Waals surface area contributed by atoms with Crippen LogP contribution in [0.3, 0.4) is 0 Å². The fraction of sp³-hybridized carbons (Fsp3) is 0.360. The van der Waals surface area contributed by atoms with Crippen LogP contribution < -0.4 is 5.73 Å². The van der Waals surface area contributed by atoms with E-state index in [2.05, 4.69) is 57.8 Å². The van der Waals surface area contributed by atoms with Crippen molar-refractivity contribution in [3.63, 3.8) is 0 Å². The Labute approximate surface area is 185 Å². The van der Waals surface area contributed by atoms with Gasteiger partial charge in [-0.15, -0.1) is 11.7 Å². The Morgan fingerprint density at radius 3 is 2.52 bits per heavy atom. The monoisotopic (exact) mass is 419 g/mol. The van der Waals surface area contributed by atoms with Gasteiger partial charge in [0.15, 0.2) is 0 Å². The molecule has 0 amide bonds. The van der Waals surface area contributed by atoms with Crippen LogP contribution in [0.25, 0.3) is 0 Å². The first-order chi connectivity index (χ1) is 15.0. The van der Waals surface area contributed by atoms with E-state index in [0.29, 0.717) is 24.2 Å². The Balaban J connectivity index is 1.42. The van der Waals surface area contributed by atoms with Gasteiger partial charge in [0.1, 0.15) is 11.6 Å². The minimum absolute atomic E-state index is 0.212. The summed E-state index contributed by atoms with van der Waals surface area (Å²) in [4.78, 5) is 4.91. The molecule has 3 N–H and O–H groups in total. The molecule has 0 aliphatic carbocycles. The van der Waals surface area contributed by atoms with E-state index in [1.54, 1.807) is 18.4 Å². The van der Waals surface area contributed by atoms with Crippen molar-refractivity contribution in [2.45, 2.75) is 26.3 Å². The molecule has 1 aliphatic rings. The molecule has 2 aromatic rings. The predicted molar refractivity (Wildman–Crippen MR) is 129 cm³/mol. The summed E-state index contributed by atoms with van der Waals surface area (Å²) in [5.41, 5.74) is 10.1.